The molecule has 0 rings (SSSR count). The van der Waals surface area contributed by atoms with Crippen LogP contribution in [0, 0.1) is 0 Å². The normalized spacial score (nSPS) is 13.3. The Kier molecular flexibility index (Phi) is 15.2. The minimum Gasteiger partial charge on any atom is -0.285 e. The van der Waals surface area contributed by atoms with E-state index in [1.165, 1.54) is 19.3 Å². The van der Waals surface area contributed by atoms with Crippen molar-refractivity contribution in [3.8, 4) is 0 Å². The van der Waals surface area contributed by atoms with E-state index in [1.54, 1.807) is 0 Å². The Morgan fingerprint density at radius 2 is 1.22 bits per heavy atom. The van der Waals surface area contributed by atoms with E-state index >= 15 is 0 Å². The van der Waals surface area contributed by atoms with Crippen LogP contribution >= 0.6 is 0 Å². The van der Waals surface area contributed by atoms with Crippen molar-refractivity contribution in [3.63, 3.8) is 0 Å². The quantitative estimate of drug-likeness (QED) is 0.162. The second kappa shape index (κ2) is 15.4. The van der Waals surface area contributed by atoms with Gasteiger partial charge in [-0.2, -0.15) is 8.42 Å². The summed E-state index contributed by atoms with van der Waals surface area (Å²) >= 11 is 0. The van der Waals surface area contributed by atoms with Gasteiger partial charge in [0.15, 0.2) is 0 Å². The molecular weight excluding hydrogens is 316 g/mol. The highest BCUT2D eigenvalue weighted by molar-refractivity contribution is 7.86. The third-order valence-electron chi connectivity index (χ3n) is 4.31. The lowest BCUT2D eigenvalue weighted by Crippen LogP contribution is -2.20. The molecule has 0 aromatic rings. The molecule has 0 aromatic heterocycles. The summed E-state index contributed by atoms with van der Waals surface area (Å²) in [5.74, 6) is 0. The van der Waals surface area contributed by atoms with Crippen LogP contribution in [-0.2, 0) is 15.0 Å². The van der Waals surface area contributed by atoms with Gasteiger partial charge in [0.05, 0.1) is 11.9 Å². The molecule has 0 saturated carbocycles. The van der Waals surface area contributed by atoms with Crippen LogP contribution < -0.4 is 0 Å². The highest BCUT2D eigenvalue weighted by Gasteiger charge is 2.21. The zero-order valence-electron chi connectivity index (χ0n) is 14.7. The molecule has 0 bridgehead atoms. The largest absolute Gasteiger partial charge is 0.285 e. The first-order valence-electron chi connectivity index (χ1n) is 9.25. The third kappa shape index (κ3) is 15.1. The maximum Gasteiger partial charge on any atom is 0.267 e. The molecular formula is C17H36O5S. The van der Waals surface area contributed by atoms with Crippen molar-refractivity contribution in [1.82, 2.24) is 0 Å². The molecule has 0 aliphatic rings. The molecule has 1 unspecified atom stereocenters. The molecule has 0 aromatic carbocycles. The van der Waals surface area contributed by atoms with Crippen molar-refractivity contribution in [2.45, 2.75) is 102 Å². The van der Waals surface area contributed by atoms with Crippen molar-refractivity contribution in [3.05, 3.63) is 0 Å². The second-order valence-corrected chi connectivity index (χ2v) is 8.13. The average Bonchev–Trinajstić information content (AvgIpc) is 2.50. The maximum absolute atomic E-state index is 11.5. The van der Waals surface area contributed by atoms with Crippen LogP contribution in [0.2, 0.25) is 0 Å². The summed E-state index contributed by atoms with van der Waals surface area (Å²) in [6, 6.07) is 0. The van der Waals surface area contributed by atoms with Crippen molar-refractivity contribution >= 4 is 10.1 Å². The van der Waals surface area contributed by atoms with E-state index in [0.717, 1.165) is 57.8 Å². The molecule has 140 valence electrons. The van der Waals surface area contributed by atoms with E-state index in [2.05, 4.69) is 11.8 Å². The predicted octanol–water partition coefficient (Wildman–Crippen LogP) is 5.21. The first-order valence-corrected chi connectivity index (χ1v) is 10.7. The Labute approximate surface area is 142 Å². The third-order valence-corrected chi connectivity index (χ3v) is 5.63. The van der Waals surface area contributed by atoms with E-state index in [1.807, 2.05) is 0 Å². The summed E-state index contributed by atoms with van der Waals surface area (Å²) in [6.07, 6.45) is 13.7. The van der Waals surface area contributed by atoms with Crippen molar-refractivity contribution in [2.75, 3.05) is 6.61 Å². The first-order chi connectivity index (χ1) is 11.0. The van der Waals surface area contributed by atoms with Crippen molar-refractivity contribution in [1.29, 1.82) is 0 Å². The van der Waals surface area contributed by atoms with Gasteiger partial charge in [0.25, 0.3) is 10.1 Å². The molecule has 0 amide bonds. The average molecular weight is 353 g/mol. The molecule has 23 heavy (non-hydrogen) atoms. The minimum atomic E-state index is -3.91. The highest BCUT2D eigenvalue weighted by Crippen LogP contribution is 2.19. The van der Waals surface area contributed by atoms with Crippen LogP contribution in [0.1, 0.15) is 96.8 Å². The van der Waals surface area contributed by atoms with Crippen LogP contribution in [0.15, 0.2) is 0 Å². The van der Waals surface area contributed by atoms with Gasteiger partial charge in [-0.3, -0.25) is 9.81 Å². The lowest BCUT2D eigenvalue weighted by atomic mass is 10.0. The van der Waals surface area contributed by atoms with Crippen molar-refractivity contribution < 1.29 is 23.1 Å². The summed E-state index contributed by atoms with van der Waals surface area (Å²) in [6.45, 7) is 2.55. The maximum atomic E-state index is 11.5. The highest BCUT2D eigenvalue weighted by atomic mass is 32.2. The summed E-state index contributed by atoms with van der Waals surface area (Å²) in [5, 5.41) is 7.61. The van der Waals surface area contributed by atoms with Gasteiger partial charge in [-0.15, -0.1) is 0 Å². The number of unbranched alkanes of at least 4 members (excludes halogenated alkanes) is 10. The van der Waals surface area contributed by atoms with E-state index in [0.29, 0.717) is 19.4 Å². The van der Waals surface area contributed by atoms with E-state index < -0.39 is 15.4 Å². The Morgan fingerprint density at radius 3 is 1.65 bits per heavy atom. The lowest BCUT2D eigenvalue weighted by Gasteiger charge is -2.13. The van der Waals surface area contributed by atoms with Crippen molar-refractivity contribution in [2.24, 2.45) is 0 Å². The molecule has 5 nitrogen and oxygen atoms in total. The van der Waals surface area contributed by atoms with Gasteiger partial charge in [-0.05, 0) is 19.3 Å². The molecule has 0 spiro atoms. The summed E-state index contributed by atoms with van der Waals surface area (Å²) < 4.78 is 32.3. The van der Waals surface area contributed by atoms with Gasteiger partial charge in [0.1, 0.15) is 0 Å². The minimum absolute atomic E-state index is 0.378. The zero-order chi connectivity index (χ0) is 17.4. The molecule has 2 N–H and O–H groups in total. The van der Waals surface area contributed by atoms with Gasteiger partial charge in [-0.25, -0.2) is 4.89 Å². The van der Waals surface area contributed by atoms with Gasteiger partial charge < -0.3 is 0 Å². The molecule has 0 saturated heterocycles. The summed E-state index contributed by atoms with van der Waals surface area (Å²) in [5.41, 5.74) is 0. The molecule has 0 radical (unpaired) electrons. The second-order valence-electron chi connectivity index (χ2n) is 6.44. The lowest BCUT2D eigenvalue weighted by molar-refractivity contribution is -0.242. The summed E-state index contributed by atoms with van der Waals surface area (Å²) in [7, 11) is -3.91. The fourth-order valence-electron chi connectivity index (χ4n) is 2.84. The number of hydrogen-bond acceptors (Lipinski definition) is 4. The Balaban J connectivity index is 3.73. The molecule has 0 aliphatic carbocycles. The van der Waals surface area contributed by atoms with E-state index in [-0.39, 0.29) is 0 Å². The van der Waals surface area contributed by atoms with Crippen LogP contribution in [0.4, 0.5) is 0 Å². The van der Waals surface area contributed by atoms with Crippen LogP contribution in [-0.4, -0.2) is 30.1 Å². The molecule has 0 fully saturated rings. The fourth-order valence-corrected chi connectivity index (χ4v) is 3.77. The van der Waals surface area contributed by atoms with Gasteiger partial charge >= 0.3 is 0 Å². The van der Waals surface area contributed by atoms with Crippen LogP contribution in [0.5, 0.6) is 0 Å². The zero-order valence-corrected chi connectivity index (χ0v) is 15.5. The van der Waals surface area contributed by atoms with Gasteiger partial charge in [-0.1, -0.05) is 77.6 Å². The Hall–Kier alpha value is -0.170. The number of rotatable bonds is 17. The number of hydrogen-bond donors (Lipinski definition) is 2. The monoisotopic (exact) mass is 352 g/mol. The molecule has 0 aliphatic heterocycles. The molecule has 1 atom stereocenters. The smallest absolute Gasteiger partial charge is 0.267 e. The van der Waals surface area contributed by atoms with Crippen LogP contribution in [0.3, 0.4) is 0 Å². The van der Waals surface area contributed by atoms with E-state index in [9.17, 15) is 13.0 Å². The Morgan fingerprint density at radius 1 is 0.783 bits per heavy atom. The fraction of sp³-hybridized carbons (Fsp3) is 1.00. The SMILES string of the molecule is CCCCCCCCC(CCCCCCCCOO)S(=O)(=O)O. The first kappa shape index (κ1) is 22.8. The van der Waals surface area contributed by atoms with Gasteiger partial charge in [0, 0.05) is 0 Å². The molecule has 0 heterocycles. The topological polar surface area (TPSA) is 83.8 Å². The summed E-state index contributed by atoms with van der Waals surface area (Å²) in [4.78, 5) is 4.01. The Bertz CT molecular complexity index is 343. The molecule has 6 heteroatoms. The van der Waals surface area contributed by atoms with E-state index in [4.69, 9.17) is 5.26 Å². The predicted molar refractivity (Wildman–Crippen MR) is 94.2 cm³/mol. The standard InChI is InChI=1S/C17H36O5S/c1-2-3-4-5-8-11-14-17(23(19,20)21)15-12-9-6-7-10-13-16-22-18/h17-18H,2-16H2,1H3,(H,19,20,21). The van der Waals surface area contributed by atoms with Gasteiger partial charge in [0.2, 0.25) is 0 Å². The van der Waals surface area contributed by atoms with Crippen LogP contribution in [0.25, 0.3) is 0 Å².